The molecule has 0 aliphatic carbocycles. The third kappa shape index (κ3) is 2.94. The summed E-state index contributed by atoms with van der Waals surface area (Å²) in [5.41, 5.74) is 0. The lowest BCUT2D eigenvalue weighted by Gasteiger charge is -2.34. The highest BCUT2D eigenvalue weighted by atomic mass is 16.2. The number of hydrogen-bond donors (Lipinski definition) is 0. The molecule has 0 unspecified atom stereocenters. The first-order chi connectivity index (χ1) is 7.25. The molecule has 0 radical (unpaired) electrons. The number of carbonyl (C=O) groups excluding carboxylic acids is 1. The van der Waals surface area contributed by atoms with E-state index in [1.54, 1.807) is 6.92 Å². The smallest absolute Gasteiger partial charge is 0.219 e. The van der Waals surface area contributed by atoms with Crippen molar-refractivity contribution in [1.82, 2.24) is 9.80 Å². The summed E-state index contributed by atoms with van der Waals surface area (Å²) in [6, 6.07) is 0. The van der Waals surface area contributed by atoms with Crippen molar-refractivity contribution >= 4 is 5.91 Å². The summed E-state index contributed by atoms with van der Waals surface area (Å²) in [5.74, 6) is 0.974. The molecule has 2 aliphatic rings. The molecule has 3 nitrogen and oxygen atoms in total. The minimum absolute atomic E-state index is 0.251. The van der Waals surface area contributed by atoms with E-state index in [4.69, 9.17) is 0 Å². The summed E-state index contributed by atoms with van der Waals surface area (Å²) in [5, 5.41) is 0. The van der Waals surface area contributed by atoms with Crippen LogP contribution in [-0.4, -0.2) is 48.4 Å². The van der Waals surface area contributed by atoms with Gasteiger partial charge in [-0.05, 0) is 44.7 Å². The molecule has 1 atom stereocenters. The van der Waals surface area contributed by atoms with Gasteiger partial charge in [-0.15, -0.1) is 0 Å². The third-order valence-corrected chi connectivity index (χ3v) is 3.68. The van der Waals surface area contributed by atoms with Crippen molar-refractivity contribution in [3.8, 4) is 0 Å². The van der Waals surface area contributed by atoms with E-state index in [1.807, 2.05) is 4.90 Å². The molecule has 0 spiro atoms. The van der Waals surface area contributed by atoms with Crippen molar-refractivity contribution in [1.29, 1.82) is 0 Å². The fourth-order valence-corrected chi connectivity index (χ4v) is 2.83. The zero-order valence-corrected chi connectivity index (χ0v) is 9.74. The van der Waals surface area contributed by atoms with Gasteiger partial charge in [0.25, 0.3) is 0 Å². The molecule has 0 aromatic heterocycles. The lowest BCUT2D eigenvalue weighted by Crippen LogP contribution is -2.42. The predicted octanol–water partition coefficient (Wildman–Crippen LogP) is 1.34. The highest BCUT2D eigenvalue weighted by Gasteiger charge is 2.24. The fourth-order valence-electron chi connectivity index (χ4n) is 2.83. The largest absolute Gasteiger partial charge is 0.343 e. The standard InChI is InChI=1S/C12H22N2O/c1-11(15)14-8-4-5-12(10-14)9-13-6-2-3-7-13/h12H,2-10H2,1H3/t12-/m1/s1. The maximum atomic E-state index is 11.3. The lowest BCUT2D eigenvalue weighted by molar-refractivity contribution is -0.130. The van der Waals surface area contributed by atoms with Gasteiger partial charge in [0.05, 0.1) is 0 Å². The molecule has 2 aliphatic heterocycles. The Bertz CT molecular complexity index is 224. The number of likely N-dealkylation sites (tertiary alicyclic amines) is 2. The molecular weight excluding hydrogens is 188 g/mol. The number of nitrogens with zero attached hydrogens (tertiary/aromatic N) is 2. The van der Waals surface area contributed by atoms with E-state index in [2.05, 4.69) is 4.90 Å². The van der Waals surface area contributed by atoms with Crippen molar-refractivity contribution in [3.05, 3.63) is 0 Å². The molecule has 2 heterocycles. The van der Waals surface area contributed by atoms with Crippen LogP contribution in [0.15, 0.2) is 0 Å². The monoisotopic (exact) mass is 210 g/mol. The first-order valence-corrected chi connectivity index (χ1v) is 6.23. The van der Waals surface area contributed by atoms with E-state index >= 15 is 0 Å². The normalized spacial score (nSPS) is 28.3. The summed E-state index contributed by atoms with van der Waals surface area (Å²) in [7, 11) is 0. The molecule has 2 saturated heterocycles. The number of carbonyl (C=O) groups is 1. The summed E-state index contributed by atoms with van der Waals surface area (Å²) in [6.45, 7) is 7.42. The summed E-state index contributed by atoms with van der Waals surface area (Å²) in [6.07, 6.45) is 5.23. The minimum Gasteiger partial charge on any atom is -0.343 e. The molecule has 2 rings (SSSR count). The van der Waals surface area contributed by atoms with E-state index in [-0.39, 0.29) is 5.91 Å². The van der Waals surface area contributed by atoms with Crippen molar-refractivity contribution in [2.45, 2.75) is 32.6 Å². The zero-order chi connectivity index (χ0) is 10.7. The molecule has 0 aromatic rings. The van der Waals surface area contributed by atoms with E-state index in [9.17, 15) is 4.79 Å². The molecule has 15 heavy (non-hydrogen) atoms. The first-order valence-electron chi connectivity index (χ1n) is 6.23. The summed E-state index contributed by atoms with van der Waals surface area (Å²) >= 11 is 0. The van der Waals surface area contributed by atoms with Crippen LogP contribution in [0.5, 0.6) is 0 Å². The van der Waals surface area contributed by atoms with Gasteiger partial charge in [0.15, 0.2) is 0 Å². The van der Waals surface area contributed by atoms with Crippen LogP contribution in [-0.2, 0) is 4.79 Å². The second kappa shape index (κ2) is 4.97. The zero-order valence-electron chi connectivity index (χ0n) is 9.74. The van der Waals surface area contributed by atoms with Gasteiger partial charge in [-0.2, -0.15) is 0 Å². The van der Waals surface area contributed by atoms with E-state index < -0.39 is 0 Å². The Morgan fingerprint density at radius 3 is 2.60 bits per heavy atom. The van der Waals surface area contributed by atoms with Crippen molar-refractivity contribution < 1.29 is 4.79 Å². The van der Waals surface area contributed by atoms with Crippen molar-refractivity contribution in [2.24, 2.45) is 5.92 Å². The van der Waals surface area contributed by atoms with Gasteiger partial charge in [0, 0.05) is 26.6 Å². The second-order valence-corrected chi connectivity index (χ2v) is 4.98. The maximum absolute atomic E-state index is 11.3. The predicted molar refractivity (Wildman–Crippen MR) is 60.7 cm³/mol. The van der Waals surface area contributed by atoms with Gasteiger partial charge in [0.2, 0.25) is 5.91 Å². The second-order valence-electron chi connectivity index (χ2n) is 4.98. The Kier molecular flexibility index (Phi) is 3.62. The molecule has 0 saturated carbocycles. The number of piperidine rings is 1. The first kappa shape index (κ1) is 10.9. The van der Waals surface area contributed by atoms with Crippen LogP contribution in [0.25, 0.3) is 0 Å². The molecule has 0 aromatic carbocycles. The third-order valence-electron chi connectivity index (χ3n) is 3.68. The highest BCUT2D eigenvalue weighted by Crippen LogP contribution is 2.19. The van der Waals surface area contributed by atoms with Crippen LogP contribution in [0.2, 0.25) is 0 Å². The number of rotatable bonds is 2. The van der Waals surface area contributed by atoms with Crippen LogP contribution in [0.3, 0.4) is 0 Å². The molecule has 0 bridgehead atoms. The van der Waals surface area contributed by atoms with Gasteiger partial charge < -0.3 is 9.80 Å². The van der Waals surface area contributed by atoms with Crippen LogP contribution >= 0.6 is 0 Å². The van der Waals surface area contributed by atoms with Crippen LogP contribution in [0.4, 0.5) is 0 Å². The Morgan fingerprint density at radius 1 is 1.20 bits per heavy atom. The SMILES string of the molecule is CC(=O)N1CCC[C@H](CN2CCCC2)C1. The Morgan fingerprint density at radius 2 is 1.93 bits per heavy atom. The van der Waals surface area contributed by atoms with Gasteiger partial charge in [-0.25, -0.2) is 0 Å². The molecule has 2 fully saturated rings. The lowest BCUT2D eigenvalue weighted by atomic mass is 9.97. The number of amides is 1. The molecule has 86 valence electrons. The van der Waals surface area contributed by atoms with Gasteiger partial charge in [-0.3, -0.25) is 4.79 Å². The molecule has 0 N–H and O–H groups in total. The minimum atomic E-state index is 0.251. The average molecular weight is 210 g/mol. The summed E-state index contributed by atoms with van der Waals surface area (Å²) < 4.78 is 0. The fraction of sp³-hybridized carbons (Fsp3) is 0.917. The van der Waals surface area contributed by atoms with Gasteiger partial charge in [-0.1, -0.05) is 0 Å². The van der Waals surface area contributed by atoms with E-state index in [1.165, 1.54) is 45.3 Å². The van der Waals surface area contributed by atoms with Crippen LogP contribution in [0.1, 0.15) is 32.6 Å². The van der Waals surface area contributed by atoms with Crippen molar-refractivity contribution in [3.63, 3.8) is 0 Å². The van der Waals surface area contributed by atoms with Crippen LogP contribution in [0, 0.1) is 5.92 Å². The Labute approximate surface area is 92.4 Å². The maximum Gasteiger partial charge on any atom is 0.219 e. The summed E-state index contributed by atoms with van der Waals surface area (Å²) in [4.78, 5) is 15.9. The van der Waals surface area contributed by atoms with E-state index in [0.717, 1.165) is 19.0 Å². The van der Waals surface area contributed by atoms with Gasteiger partial charge in [0.1, 0.15) is 0 Å². The number of hydrogen-bond acceptors (Lipinski definition) is 2. The van der Waals surface area contributed by atoms with Crippen LogP contribution < -0.4 is 0 Å². The van der Waals surface area contributed by atoms with E-state index in [0.29, 0.717) is 0 Å². The quantitative estimate of drug-likeness (QED) is 0.686. The topological polar surface area (TPSA) is 23.6 Å². The Balaban J connectivity index is 1.79. The highest BCUT2D eigenvalue weighted by molar-refractivity contribution is 5.73. The average Bonchev–Trinajstić information content (AvgIpc) is 2.71. The van der Waals surface area contributed by atoms with Gasteiger partial charge >= 0.3 is 0 Å². The molecule has 3 heteroatoms. The molecular formula is C12H22N2O. The Hall–Kier alpha value is -0.570. The van der Waals surface area contributed by atoms with Crippen molar-refractivity contribution in [2.75, 3.05) is 32.7 Å². The molecule has 1 amide bonds.